The molecule has 5 aliphatic rings. The molecule has 2 bridgehead atoms. The zero-order valence-electron chi connectivity index (χ0n) is 19.0. The molecule has 8 nitrogen and oxygen atoms in total. The van der Waals surface area contributed by atoms with Crippen LogP contribution in [0.25, 0.3) is 0 Å². The molecular formula is C25H31N3O5. The molecule has 33 heavy (non-hydrogen) atoms. The van der Waals surface area contributed by atoms with Gasteiger partial charge in [0, 0.05) is 44.3 Å². The molecule has 3 amide bonds. The van der Waals surface area contributed by atoms with Crippen LogP contribution in [0.15, 0.2) is 18.2 Å². The number of rotatable bonds is 6. The number of amides is 3. The SMILES string of the molecule is CCOC1CN([C@H]2[C@@H]3CCC(C3)[C@H]2Oc2ccc3c(c2)CN(C2CCC(=O)NC2=O)C3=O)C1. The average Bonchev–Trinajstić information content (AvgIpc) is 3.45. The molecular weight excluding hydrogens is 422 g/mol. The van der Waals surface area contributed by atoms with Crippen LogP contribution in [-0.4, -0.2) is 71.5 Å². The number of piperidine rings is 1. The Morgan fingerprint density at radius 1 is 1.09 bits per heavy atom. The Balaban J connectivity index is 1.16. The van der Waals surface area contributed by atoms with Gasteiger partial charge in [-0.3, -0.25) is 24.6 Å². The molecule has 1 aromatic rings. The van der Waals surface area contributed by atoms with Crippen molar-refractivity contribution in [1.29, 1.82) is 0 Å². The quantitative estimate of drug-likeness (QED) is 0.660. The minimum absolute atomic E-state index is 0.147. The Bertz CT molecular complexity index is 990. The van der Waals surface area contributed by atoms with Crippen LogP contribution in [0.1, 0.15) is 54.9 Å². The summed E-state index contributed by atoms with van der Waals surface area (Å²) in [4.78, 5) is 40.9. The summed E-state index contributed by atoms with van der Waals surface area (Å²) in [6.45, 7) is 5.16. The maximum absolute atomic E-state index is 13.0. The monoisotopic (exact) mass is 453 g/mol. The van der Waals surface area contributed by atoms with Crippen LogP contribution in [0.4, 0.5) is 0 Å². The number of ether oxygens (including phenoxy) is 2. The lowest BCUT2D eigenvalue weighted by Gasteiger charge is -2.47. The summed E-state index contributed by atoms with van der Waals surface area (Å²) in [7, 11) is 0. The molecule has 3 aliphatic heterocycles. The minimum Gasteiger partial charge on any atom is -0.488 e. The summed E-state index contributed by atoms with van der Waals surface area (Å²) in [5.74, 6) is 1.28. The van der Waals surface area contributed by atoms with Gasteiger partial charge in [0.15, 0.2) is 0 Å². The lowest BCUT2D eigenvalue weighted by molar-refractivity contribution is -0.136. The van der Waals surface area contributed by atoms with Gasteiger partial charge < -0.3 is 14.4 Å². The summed E-state index contributed by atoms with van der Waals surface area (Å²) < 4.78 is 12.4. The van der Waals surface area contributed by atoms with E-state index < -0.39 is 6.04 Å². The van der Waals surface area contributed by atoms with E-state index in [9.17, 15) is 14.4 Å². The van der Waals surface area contributed by atoms with Crippen LogP contribution in [0.3, 0.4) is 0 Å². The predicted molar refractivity (Wildman–Crippen MR) is 119 cm³/mol. The first-order valence-electron chi connectivity index (χ1n) is 12.3. The molecule has 2 saturated carbocycles. The van der Waals surface area contributed by atoms with Crippen molar-refractivity contribution in [1.82, 2.24) is 15.1 Å². The summed E-state index contributed by atoms with van der Waals surface area (Å²) in [6, 6.07) is 5.55. The van der Waals surface area contributed by atoms with Gasteiger partial charge in [-0.2, -0.15) is 0 Å². The summed E-state index contributed by atoms with van der Waals surface area (Å²) in [5, 5.41) is 2.36. The molecule has 6 rings (SSSR count). The van der Waals surface area contributed by atoms with Gasteiger partial charge in [0.2, 0.25) is 11.8 Å². The van der Waals surface area contributed by atoms with Gasteiger partial charge in [-0.1, -0.05) is 0 Å². The zero-order chi connectivity index (χ0) is 22.7. The first kappa shape index (κ1) is 21.1. The molecule has 1 N–H and O–H groups in total. The van der Waals surface area contributed by atoms with Crippen LogP contribution in [0.5, 0.6) is 5.75 Å². The fourth-order valence-corrected chi connectivity index (χ4v) is 6.72. The first-order valence-corrected chi connectivity index (χ1v) is 12.3. The van der Waals surface area contributed by atoms with Crippen LogP contribution >= 0.6 is 0 Å². The Labute approximate surface area is 193 Å². The van der Waals surface area contributed by atoms with Crippen molar-refractivity contribution in [3.05, 3.63) is 29.3 Å². The average molecular weight is 454 g/mol. The maximum Gasteiger partial charge on any atom is 0.255 e. The van der Waals surface area contributed by atoms with Crippen molar-refractivity contribution >= 4 is 17.7 Å². The number of benzene rings is 1. The molecule has 3 heterocycles. The highest BCUT2D eigenvalue weighted by atomic mass is 16.5. The van der Waals surface area contributed by atoms with E-state index in [-0.39, 0.29) is 30.2 Å². The molecule has 0 spiro atoms. The summed E-state index contributed by atoms with van der Waals surface area (Å²) in [6.07, 6.45) is 4.90. The predicted octanol–water partition coefficient (Wildman–Crippen LogP) is 1.71. The van der Waals surface area contributed by atoms with Crippen LogP contribution < -0.4 is 10.1 Å². The van der Waals surface area contributed by atoms with E-state index in [1.807, 2.05) is 25.1 Å². The number of carbonyl (C=O) groups is 3. The lowest BCUT2D eigenvalue weighted by atomic mass is 9.89. The third-order valence-electron chi connectivity index (χ3n) is 8.27. The number of carbonyl (C=O) groups excluding carboxylic acids is 3. The molecule has 2 saturated heterocycles. The fraction of sp³-hybridized carbons (Fsp3) is 0.640. The summed E-state index contributed by atoms with van der Waals surface area (Å²) >= 11 is 0. The maximum atomic E-state index is 13.0. The second-order valence-electron chi connectivity index (χ2n) is 10.2. The van der Waals surface area contributed by atoms with E-state index in [1.165, 1.54) is 19.3 Å². The highest BCUT2D eigenvalue weighted by Gasteiger charge is 2.53. The number of likely N-dealkylation sites (tertiary alicyclic amines) is 1. The highest BCUT2D eigenvalue weighted by molar-refractivity contribution is 6.05. The molecule has 2 aliphatic carbocycles. The Kier molecular flexibility index (Phi) is 5.18. The number of nitrogens with one attached hydrogen (secondary N) is 1. The smallest absolute Gasteiger partial charge is 0.255 e. The molecule has 1 aromatic carbocycles. The van der Waals surface area contributed by atoms with Crippen molar-refractivity contribution in [2.45, 2.75) is 69.9 Å². The standard InChI is InChI=1S/C25H31N3O5/c1-2-32-18-12-27(13-18)22-14-3-4-15(9-14)23(22)33-17-5-6-19-16(10-17)11-28(25(19)31)20-7-8-21(29)26-24(20)30/h5-6,10,14-15,18,20,22-23H,2-4,7-9,11-13H2,1H3,(H,26,29,30)/t14-,15?,20?,22+,23-/m1/s1. The molecule has 176 valence electrons. The third-order valence-corrected chi connectivity index (χ3v) is 8.27. The Hall–Kier alpha value is -2.45. The number of nitrogens with zero attached hydrogens (tertiary/aromatic N) is 2. The van der Waals surface area contributed by atoms with Gasteiger partial charge in [0.05, 0.1) is 6.10 Å². The Morgan fingerprint density at radius 2 is 1.91 bits per heavy atom. The van der Waals surface area contributed by atoms with E-state index in [1.54, 1.807) is 4.90 Å². The number of hydrogen-bond donors (Lipinski definition) is 1. The summed E-state index contributed by atoms with van der Waals surface area (Å²) in [5.41, 5.74) is 1.51. The molecule has 5 atom stereocenters. The molecule has 2 unspecified atom stereocenters. The number of hydrogen-bond acceptors (Lipinski definition) is 6. The largest absolute Gasteiger partial charge is 0.488 e. The second kappa shape index (κ2) is 8.09. The van der Waals surface area contributed by atoms with E-state index >= 15 is 0 Å². The highest BCUT2D eigenvalue weighted by Crippen LogP contribution is 2.49. The van der Waals surface area contributed by atoms with E-state index in [2.05, 4.69) is 10.2 Å². The van der Waals surface area contributed by atoms with E-state index in [0.29, 0.717) is 42.5 Å². The van der Waals surface area contributed by atoms with Crippen molar-refractivity contribution in [2.75, 3.05) is 19.7 Å². The van der Waals surface area contributed by atoms with Crippen LogP contribution in [0.2, 0.25) is 0 Å². The molecule has 4 fully saturated rings. The van der Waals surface area contributed by atoms with Gasteiger partial charge in [-0.15, -0.1) is 0 Å². The van der Waals surface area contributed by atoms with Crippen molar-refractivity contribution in [3.8, 4) is 5.75 Å². The van der Waals surface area contributed by atoms with Gasteiger partial charge in [0.25, 0.3) is 5.91 Å². The van der Waals surface area contributed by atoms with Crippen molar-refractivity contribution in [3.63, 3.8) is 0 Å². The van der Waals surface area contributed by atoms with Crippen LogP contribution in [0, 0.1) is 11.8 Å². The Morgan fingerprint density at radius 3 is 2.70 bits per heavy atom. The van der Waals surface area contributed by atoms with Crippen LogP contribution in [-0.2, 0) is 20.9 Å². The van der Waals surface area contributed by atoms with E-state index in [4.69, 9.17) is 9.47 Å². The van der Waals surface area contributed by atoms with Crippen molar-refractivity contribution < 1.29 is 23.9 Å². The molecule has 0 radical (unpaired) electrons. The number of fused-ring (bicyclic) bond motifs is 3. The van der Waals surface area contributed by atoms with Crippen molar-refractivity contribution in [2.24, 2.45) is 11.8 Å². The normalized spacial score (nSPS) is 33.9. The first-order chi connectivity index (χ1) is 16.0. The third kappa shape index (κ3) is 3.54. The molecule has 8 heteroatoms. The second-order valence-corrected chi connectivity index (χ2v) is 10.2. The van der Waals surface area contributed by atoms with Gasteiger partial charge >= 0.3 is 0 Å². The van der Waals surface area contributed by atoms with Gasteiger partial charge in [-0.05, 0) is 68.2 Å². The van der Waals surface area contributed by atoms with E-state index in [0.717, 1.165) is 31.0 Å². The molecule has 0 aromatic heterocycles. The lowest BCUT2D eigenvalue weighted by Crippen LogP contribution is -2.61. The number of imide groups is 1. The zero-order valence-corrected chi connectivity index (χ0v) is 19.0. The fourth-order valence-electron chi connectivity index (χ4n) is 6.72. The van der Waals surface area contributed by atoms with Gasteiger partial charge in [-0.25, -0.2) is 0 Å². The topological polar surface area (TPSA) is 88.2 Å². The van der Waals surface area contributed by atoms with Gasteiger partial charge in [0.1, 0.15) is 17.9 Å². The minimum atomic E-state index is -0.591.